The van der Waals surface area contributed by atoms with Crippen LogP contribution >= 0.6 is 0 Å². The summed E-state index contributed by atoms with van der Waals surface area (Å²) in [5.41, 5.74) is 5.82. The number of ether oxygens (including phenoxy) is 1. The fourth-order valence-electron chi connectivity index (χ4n) is 4.81. The quantitative estimate of drug-likeness (QED) is 0.173. The highest BCUT2D eigenvalue weighted by molar-refractivity contribution is 5.93. The lowest BCUT2D eigenvalue weighted by molar-refractivity contribution is -0.147. The van der Waals surface area contributed by atoms with Gasteiger partial charge in [-0.3, -0.25) is 19.2 Å². The molecule has 13 nitrogen and oxygen atoms in total. The Morgan fingerprint density at radius 2 is 1.61 bits per heavy atom. The molecule has 238 valence electrons. The van der Waals surface area contributed by atoms with Crippen molar-refractivity contribution < 1.29 is 38.9 Å². The van der Waals surface area contributed by atoms with Crippen molar-refractivity contribution in [3.05, 3.63) is 71.8 Å². The Kier molecular flexibility index (Phi) is 12.2. The van der Waals surface area contributed by atoms with Crippen LogP contribution in [-0.2, 0) is 36.9 Å². The predicted octanol–water partition coefficient (Wildman–Crippen LogP) is 0.123. The van der Waals surface area contributed by atoms with Crippen molar-refractivity contribution in [1.29, 1.82) is 0 Å². The zero-order valence-electron chi connectivity index (χ0n) is 24.9. The van der Waals surface area contributed by atoms with E-state index in [0.29, 0.717) is 24.0 Å². The molecule has 0 radical (unpaired) electrons. The van der Waals surface area contributed by atoms with Gasteiger partial charge in [-0.25, -0.2) is 4.79 Å². The maximum Gasteiger partial charge on any atom is 0.408 e. The number of nitrogens with two attached hydrogens (primary N) is 1. The van der Waals surface area contributed by atoms with Gasteiger partial charge in [-0.05, 0) is 44.2 Å². The first kappa shape index (κ1) is 34.0. The summed E-state index contributed by atoms with van der Waals surface area (Å²) in [6.07, 6.45) is -2.42. The molecule has 44 heavy (non-hydrogen) atoms. The number of carbonyl (C=O) groups excluding carboxylic acids is 5. The zero-order valence-corrected chi connectivity index (χ0v) is 24.9. The number of nitrogens with zero attached hydrogens (tertiary/aromatic N) is 1. The standard InChI is InChI=1S/C31H41N5O8/c1-31(2,19-37)35-28(41)24-14-9-15-36(24)29(42)26(39)22(16-20-10-5-3-6-11-20)33-27(40)23(17-25(32)38)34-30(43)44-18-21-12-7-4-8-13-21/h3-8,10-13,22-24,26,37,39H,9,14-19H2,1-2H3,(H2,32,38)(H,33,40)(H,34,43)(H,35,41)/t22-,23-,24-,26?/m0/s1. The number of carbonyl (C=O) groups is 5. The Hall–Kier alpha value is -4.49. The van der Waals surface area contributed by atoms with Crippen LogP contribution in [-0.4, -0.2) is 87.8 Å². The lowest BCUT2D eigenvalue weighted by Gasteiger charge is -2.32. The number of aliphatic hydroxyl groups is 2. The highest BCUT2D eigenvalue weighted by Crippen LogP contribution is 2.21. The molecule has 0 saturated carbocycles. The van der Waals surface area contributed by atoms with E-state index in [0.717, 1.165) is 0 Å². The number of likely N-dealkylation sites (tertiary alicyclic amines) is 1. The Bertz CT molecular complexity index is 1290. The number of rotatable bonds is 14. The summed E-state index contributed by atoms with van der Waals surface area (Å²) in [5.74, 6) is -2.98. The van der Waals surface area contributed by atoms with Crippen molar-refractivity contribution >= 4 is 29.7 Å². The molecule has 2 aromatic rings. The lowest BCUT2D eigenvalue weighted by Crippen LogP contribution is -2.59. The maximum atomic E-state index is 13.6. The second kappa shape index (κ2) is 15.8. The van der Waals surface area contributed by atoms with Crippen molar-refractivity contribution in [2.45, 2.75) is 75.9 Å². The van der Waals surface area contributed by atoms with Crippen LogP contribution in [0.4, 0.5) is 4.79 Å². The van der Waals surface area contributed by atoms with E-state index in [1.165, 1.54) is 4.90 Å². The summed E-state index contributed by atoms with van der Waals surface area (Å²) < 4.78 is 5.18. The largest absolute Gasteiger partial charge is 0.445 e. The molecule has 0 spiro atoms. The van der Waals surface area contributed by atoms with Gasteiger partial charge in [0.2, 0.25) is 17.7 Å². The minimum absolute atomic E-state index is 0.0173. The van der Waals surface area contributed by atoms with Crippen molar-refractivity contribution in [2.75, 3.05) is 13.2 Å². The Labute approximate surface area is 256 Å². The summed E-state index contributed by atoms with van der Waals surface area (Å²) in [4.78, 5) is 65.5. The molecule has 0 aliphatic carbocycles. The zero-order chi connectivity index (χ0) is 32.3. The molecule has 7 N–H and O–H groups in total. The summed E-state index contributed by atoms with van der Waals surface area (Å²) in [7, 11) is 0. The molecule has 2 aromatic carbocycles. The van der Waals surface area contributed by atoms with Gasteiger partial charge in [0.1, 0.15) is 18.7 Å². The summed E-state index contributed by atoms with van der Waals surface area (Å²) in [5, 5.41) is 28.5. The van der Waals surface area contributed by atoms with E-state index >= 15 is 0 Å². The number of benzene rings is 2. The number of primary amides is 1. The van der Waals surface area contributed by atoms with Crippen LogP contribution in [0, 0.1) is 0 Å². The van der Waals surface area contributed by atoms with Gasteiger partial charge >= 0.3 is 6.09 Å². The van der Waals surface area contributed by atoms with Crippen molar-refractivity contribution in [1.82, 2.24) is 20.9 Å². The predicted molar refractivity (Wildman–Crippen MR) is 159 cm³/mol. The smallest absolute Gasteiger partial charge is 0.408 e. The fourth-order valence-corrected chi connectivity index (χ4v) is 4.81. The number of amides is 5. The molecule has 1 unspecified atom stereocenters. The summed E-state index contributed by atoms with van der Waals surface area (Å²) in [6, 6.07) is 14.1. The molecule has 3 rings (SSSR count). The van der Waals surface area contributed by atoms with Gasteiger partial charge in [0.25, 0.3) is 5.91 Å². The molecule has 1 aliphatic rings. The van der Waals surface area contributed by atoms with Gasteiger partial charge in [-0.1, -0.05) is 60.7 Å². The normalized spacial score (nSPS) is 16.7. The van der Waals surface area contributed by atoms with Crippen molar-refractivity contribution in [2.24, 2.45) is 5.73 Å². The van der Waals surface area contributed by atoms with E-state index in [1.54, 1.807) is 74.5 Å². The molecule has 1 aliphatic heterocycles. The van der Waals surface area contributed by atoms with Crippen LogP contribution in [0.2, 0.25) is 0 Å². The van der Waals surface area contributed by atoms with E-state index in [1.807, 2.05) is 0 Å². The first-order chi connectivity index (χ1) is 20.9. The summed E-state index contributed by atoms with van der Waals surface area (Å²) >= 11 is 0. The molecular weight excluding hydrogens is 570 g/mol. The van der Waals surface area contributed by atoms with Crippen molar-refractivity contribution in [3.63, 3.8) is 0 Å². The first-order valence-electron chi connectivity index (χ1n) is 14.4. The third-order valence-corrected chi connectivity index (χ3v) is 7.18. The molecule has 1 heterocycles. The minimum atomic E-state index is -1.78. The number of hydrogen-bond acceptors (Lipinski definition) is 8. The molecular formula is C31H41N5O8. The number of hydrogen-bond donors (Lipinski definition) is 6. The molecule has 1 saturated heterocycles. The average molecular weight is 612 g/mol. The van der Waals surface area contributed by atoms with E-state index in [4.69, 9.17) is 10.5 Å². The second-order valence-corrected chi connectivity index (χ2v) is 11.4. The van der Waals surface area contributed by atoms with Crippen LogP contribution in [0.15, 0.2) is 60.7 Å². The van der Waals surface area contributed by atoms with Crippen molar-refractivity contribution in [3.8, 4) is 0 Å². The Morgan fingerprint density at radius 3 is 2.20 bits per heavy atom. The topological polar surface area (TPSA) is 200 Å². The lowest BCUT2D eigenvalue weighted by atomic mass is 9.99. The second-order valence-electron chi connectivity index (χ2n) is 11.4. The van der Waals surface area contributed by atoms with E-state index in [2.05, 4.69) is 16.0 Å². The number of aliphatic hydroxyl groups excluding tert-OH is 2. The molecule has 0 bridgehead atoms. The molecule has 0 aromatic heterocycles. The van der Waals surface area contributed by atoms with Gasteiger partial charge in [-0.15, -0.1) is 0 Å². The highest BCUT2D eigenvalue weighted by atomic mass is 16.5. The monoisotopic (exact) mass is 611 g/mol. The maximum absolute atomic E-state index is 13.6. The van der Waals surface area contributed by atoms with Crippen LogP contribution in [0.3, 0.4) is 0 Å². The van der Waals surface area contributed by atoms with Gasteiger partial charge < -0.3 is 41.5 Å². The van der Waals surface area contributed by atoms with Crippen LogP contribution < -0.4 is 21.7 Å². The Balaban J connectivity index is 1.76. The number of nitrogens with one attached hydrogen (secondary N) is 3. The van der Waals surface area contributed by atoms with E-state index < -0.39 is 65.9 Å². The fraction of sp³-hybridized carbons (Fsp3) is 0.452. The SMILES string of the molecule is CC(C)(CO)NC(=O)[C@@H]1CCCN1C(=O)C(O)[C@H](Cc1ccccc1)NC(=O)[C@H](CC(N)=O)NC(=O)OCc1ccccc1. The van der Waals surface area contributed by atoms with Gasteiger partial charge in [-0.2, -0.15) is 0 Å². The van der Waals surface area contributed by atoms with Gasteiger partial charge in [0, 0.05) is 6.54 Å². The average Bonchev–Trinajstić information content (AvgIpc) is 3.50. The van der Waals surface area contributed by atoms with Gasteiger partial charge in [0.15, 0.2) is 6.10 Å². The molecule has 13 heteroatoms. The summed E-state index contributed by atoms with van der Waals surface area (Å²) in [6.45, 7) is 3.09. The highest BCUT2D eigenvalue weighted by Gasteiger charge is 2.41. The Morgan fingerprint density at radius 1 is 1.00 bits per heavy atom. The first-order valence-corrected chi connectivity index (χ1v) is 14.4. The van der Waals surface area contributed by atoms with E-state index in [-0.39, 0.29) is 26.2 Å². The molecule has 4 atom stereocenters. The van der Waals surface area contributed by atoms with Gasteiger partial charge in [0.05, 0.1) is 24.6 Å². The third-order valence-electron chi connectivity index (χ3n) is 7.18. The minimum Gasteiger partial charge on any atom is -0.445 e. The van der Waals surface area contributed by atoms with Crippen LogP contribution in [0.5, 0.6) is 0 Å². The number of alkyl carbamates (subject to hydrolysis) is 1. The third kappa shape index (κ3) is 10.1. The molecule has 1 fully saturated rings. The van der Waals surface area contributed by atoms with E-state index in [9.17, 15) is 34.2 Å². The van der Waals surface area contributed by atoms with Crippen LogP contribution in [0.25, 0.3) is 0 Å². The van der Waals surface area contributed by atoms with Crippen LogP contribution in [0.1, 0.15) is 44.2 Å². The molecule has 5 amide bonds.